The third-order valence-corrected chi connectivity index (χ3v) is 3.30. The first-order valence-electron chi connectivity index (χ1n) is 5.55. The van der Waals surface area contributed by atoms with E-state index >= 15 is 0 Å². The smallest absolute Gasteiger partial charge is 0.141 e. The van der Waals surface area contributed by atoms with Gasteiger partial charge >= 0.3 is 0 Å². The molecule has 0 aliphatic carbocycles. The molecule has 0 spiro atoms. The molecule has 0 radical (unpaired) electrons. The fourth-order valence-corrected chi connectivity index (χ4v) is 2.28. The van der Waals surface area contributed by atoms with Gasteiger partial charge in [0.15, 0.2) is 0 Å². The van der Waals surface area contributed by atoms with Gasteiger partial charge in [-0.1, -0.05) is 18.2 Å². The maximum absolute atomic E-state index is 4.32. The Morgan fingerprint density at radius 1 is 0.944 bits per heavy atom. The van der Waals surface area contributed by atoms with Crippen LogP contribution >= 0.6 is 22.6 Å². The number of nitrogens with zero attached hydrogens (tertiary/aromatic N) is 2. The Morgan fingerprint density at radius 3 is 2.61 bits per heavy atom. The summed E-state index contributed by atoms with van der Waals surface area (Å²) in [7, 11) is 0. The first-order chi connectivity index (χ1) is 8.83. The molecule has 4 heteroatoms. The van der Waals surface area contributed by atoms with E-state index < -0.39 is 0 Å². The molecule has 18 heavy (non-hydrogen) atoms. The largest absolute Gasteiger partial charge is 0.340 e. The average Bonchev–Trinajstić information content (AvgIpc) is 2.41. The zero-order valence-corrected chi connectivity index (χ0v) is 11.6. The normalized spacial score (nSPS) is 10.5. The molecule has 1 aromatic heterocycles. The molecular weight excluding hydrogens is 337 g/mol. The highest BCUT2D eigenvalue weighted by atomic mass is 127. The Balaban J connectivity index is 2.09. The summed E-state index contributed by atoms with van der Waals surface area (Å²) < 4.78 is 1.17. The second-order valence-corrected chi connectivity index (χ2v) is 5.12. The number of benzene rings is 2. The Hall–Kier alpha value is -1.69. The standard InChI is InChI=1S/C14H10IN3/c15-10-6-7-13-12(8-10)14(17-9-16-13)18-11-4-2-1-3-5-11/h1-9H,(H,16,17,18). The molecule has 0 aliphatic rings. The molecule has 3 nitrogen and oxygen atoms in total. The van der Waals surface area contributed by atoms with Crippen LogP contribution in [-0.4, -0.2) is 9.97 Å². The lowest BCUT2D eigenvalue weighted by molar-refractivity contribution is 1.22. The van der Waals surface area contributed by atoms with Gasteiger partial charge in [0.1, 0.15) is 12.1 Å². The molecule has 1 heterocycles. The maximum Gasteiger partial charge on any atom is 0.141 e. The fourth-order valence-electron chi connectivity index (χ4n) is 1.79. The number of anilines is 2. The quantitative estimate of drug-likeness (QED) is 0.713. The van der Waals surface area contributed by atoms with Crippen molar-refractivity contribution >= 4 is 45.0 Å². The third-order valence-electron chi connectivity index (χ3n) is 2.63. The van der Waals surface area contributed by atoms with Crippen LogP contribution in [0.5, 0.6) is 0 Å². The molecular formula is C14H10IN3. The topological polar surface area (TPSA) is 37.8 Å². The lowest BCUT2D eigenvalue weighted by atomic mass is 10.2. The van der Waals surface area contributed by atoms with Crippen LogP contribution in [0.4, 0.5) is 11.5 Å². The molecule has 0 fully saturated rings. The molecule has 0 unspecified atom stereocenters. The third kappa shape index (κ3) is 2.28. The molecule has 1 N–H and O–H groups in total. The van der Waals surface area contributed by atoms with E-state index in [1.807, 2.05) is 42.5 Å². The van der Waals surface area contributed by atoms with Crippen LogP contribution in [0.25, 0.3) is 10.9 Å². The fraction of sp³-hybridized carbons (Fsp3) is 0. The molecule has 0 saturated carbocycles. The molecule has 0 bridgehead atoms. The zero-order chi connectivity index (χ0) is 12.4. The van der Waals surface area contributed by atoms with Gasteiger partial charge in [-0.3, -0.25) is 0 Å². The summed E-state index contributed by atoms with van der Waals surface area (Å²) in [5, 5.41) is 4.36. The number of halogens is 1. The monoisotopic (exact) mass is 347 g/mol. The van der Waals surface area contributed by atoms with Crippen LogP contribution in [0, 0.1) is 3.57 Å². The highest BCUT2D eigenvalue weighted by Gasteiger charge is 2.04. The van der Waals surface area contributed by atoms with Gasteiger partial charge in [0.2, 0.25) is 0 Å². The zero-order valence-electron chi connectivity index (χ0n) is 9.47. The van der Waals surface area contributed by atoms with Crippen LogP contribution in [0.1, 0.15) is 0 Å². The van der Waals surface area contributed by atoms with Crippen LogP contribution in [0.2, 0.25) is 0 Å². The highest BCUT2D eigenvalue weighted by Crippen LogP contribution is 2.24. The summed E-state index contributed by atoms with van der Waals surface area (Å²) in [6.45, 7) is 0. The molecule has 88 valence electrons. The van der Waals surface area contributed by atoms with E-state index in [-0.39, 0.29) is 0 Å². The molecule has 0 saturated heterocycles. The summed E-state index contributed by atoms with van der Waals surface area (Å²) >= 11 is 2.29. The Kier molecular flexibility index (Phi) is 3.10. The molecule has 0 atom stereocenters. The van der Waals surface area contributed by atoms with E-state index in [0.29, 0.717) is 0 Å². The van der Waals surface area contributed by atoms with Crippen molar-refractivity contribution in [3.05, 3.63) is 58.4 Å². The molecule has 2 aromatic carbocycles. The van der Waals surface area contributed by atoms with Crippen molar-refractivity contribution in [1.29, 1.82) is 0 Å². The van der Waals surface area contributed by atoms with Crippen molar-refractivity contribution in [3.8, 4) is 0 Å². The van der Waals surface area contributed by atoms with Crippen molar-refractivity contribution in [1.82, 2.24) is 9.97 Å². The van der Waals surface area contributed by atoms with Crippen LogP contribution in [-0.2, 0) is 0 Å². The SMILES string of the molecule is Ic1ccc2ncnc(Nc3ccccc3)c2c1. The molecule has 0 amide bonds. The van der Waals surface area contributed by atoms with Crippen LogP contribution in [0.3, 0.4) is 0 Å². The molecule has 0 aliphatic heterocycles. The van der Waals surface area contributed by atoms with E-state index in [9.17, 15) is 0 Å². The minimum Gasteiger partial charge on any atom is -0.340 e. The summed E-state index contributed by atoms with van der Waals surface area (Å²) in [6.07, 6.45) is 1.58. The van der Waals surface area contributed by atoms with Crippen molar-refractivity contribution in [2.45, 2.75) is 0 Å². The van der Waals surface area contributed by atoms with Crippen molar-refractivity contribution < 1.29 is 0 Å². The predicted molar refractivity (Wildman–Crippen MR) is 82.0 cm³/mol. The average molecular weight is 347 g/mol. The summed E-state index contributed by atoms with van der Waals surface area (Å²) in [6, 6.07) is 16.2. The second kappa shape index (κ2) is 4.89. The van der Waals surface area contributed by atoms with Gasteiger partial charge in [-0.15, -0.1) is 0 Å². The summed E-state index contributed by atoms with van der Waals surface area (Å²) in [5.74, 6) is 0.838. The van der Waals surface area contributed by atoms with E-state index in [4.69, 9.17) is 0 Å². The highest BCUT2D eigenvalue weighted by molar-refractivity contribution is 14.1. The number of hydrogen-bond acceptors (Lipinski definition) is 3. The number of rotatable bonds is 2. The van der Waals surface area contributed by atoms with Crippen molar-refractivity contribution in [2.24, 2.45) is 0 Å². The number of para-hydroxylation sites is 1. The number of nitrogens with one attached hydrogen (secondary N) is 1. The van der Waals surface area contributed by atoms with E-state index in [0.717, 1.165) is 22.4 Å². The van der Waals surface area contributed by atoms with Gasteiger partial charge in [0, 0.05) is 14.6 Å². The summed E-state index contributed by atoms with van der Waals surface area (Å²) in [4.78, 5) is 8.59. The first-order valence-corrected chi connectivity index (χ1v) is 6.63. The Labute approximate surface area is 118 Å². The number of fused-ring (bicyclic) bond motifs is 1. The van der Waals surface area contributed by atoms with Gasteiger partial charge in [-0.05, 0) is 52.9 Å². The Morgan fingerprint density at radius 2 is 1.78 bits per heavy atom. The van der Waals surface area contributed by atoms with Gasteiger partial charge in [-0.25, -0.2) is 9.97 Å². The number of hydrogen-bond donors (Lipinski definition) is 1. The van der Waals surface area contributed by atoms with Gasteiger partial charge in [0.05, 0.1) is 5.52 Å². The number of aromatic nitrogens is 2. The van der Waals surface area contributed by atoms with E-state index in [2.05, 4.69) is 43.9 Å². The van der Waals surface area contributed by atoms with Crippen LogP contribution < -0.4 is 5.32 Å². The summed E-state index contributed by atoms with van der Waals surface area (Å²) in [5.41, 5.74) is 1.97. The first kappa shape index (κ1) is 11.4. The Bertz CT molecular complexity index is 683. The van der Waals surface area contributed by atoms with Gasteiger partial charge in [0.25, 0.3) is 0 Å². The lowest BCUT2D eigenvalue weighted by Gasteiger charge is -2.08. The van der Waals surface area contributed by atoms with E-state index in [1.165, 1.54) is 3.57 Å². The minimum absolute atomic E-state index is 0.838. The van der Waals surface area contributed by atoms with Crippen molar-refractivity contribution in [2.75, 3.05) is 5.32 Å². The predicted octanol–water partition coefficient (Wildman–Crippen LogP) is 3.98. The van der Waals surface area contributed by atoms with Gasteiger partial charge in [-0.2, -0.15) is 0 Å². The second-order valence-electron chi connectivity index (χ2n) is 3.87. The lowest BCUT2D eigenvalue weighted by Crippen LogP contribution is -1.95. The molecule has 3 rings (SSSR count). The maximum atomic E-state index is 4.32. The van der Waals surface area contributed by atoms with Gasteiger partial charge < -0.3 is 5.32 Å². The van der Waals surface area contributed by atoms with E-state index in [1.54, 1.807) is 6.33 Å². The minimum atomic E-state index is 0.838. The molecule has 3 aromatic rings. The van der Waals surface area contributed by atoms with Crippen molar-refractivity contribution in [3.63, 3.8) is 0 Å². The van der Waals surface area contributed by atoms with Crippen LogP contribution in [0.15, 0.2) is 54.9 Å².